The summed E-state index contributed by atoms with van der Waals surface area (Å²) in [5.74, 6) is 0. The van der Waals surface area contributed by atoms with E-state index in [4.69, 9.17) is 4.98 Å². The zero-order chi connectivity index (χ0) is 19.0. The maximum absolute atomic E-state index is 4.74. The van der Waals surface area contributed by atoms with E-state index in [1.165, 1.54) is 38.0 Å². The van der Waals surface area contributed by atoms with Crippen molar-refractivity contribution in [2.24, 2.45) is 0 Å². The van der Waals surface area contributed by atoms with Crippen LogP contribution in [-0.2, 0) is 5.41 Å². The molecule has 134 valence electrons. The first-order valence-electron chi connectivity index (χ1n) is 9.61. The van der Waals surface area contributed by atoms with Gasteiger partial charge in [-0.1, -0.05) is 81.1 Å². The number of nitrogens with zero attached hydrogens (tertiary/aromatic N) is 2. The van der Waals surface area contributed by atoms with Crippen LogP contribution in [0.3, 0.4) is 0 Å². The molecule has 0 saturated heterocycles. The molecular formula is C24H24N2Si. The molecule has 0 aliphatic heterocycles. The zero-order valence-electron chi connectivity index (χ0n) is 16.6. The van der Waals surface area contributed by atoms with Gasteiger partial charge in [0.15, 0.2) is 0 Å². The predicted molar refractivity (Wildman–Crippen MR) is 118 cm³/mol. The van der Waals surface area contributed by atoms with Gasteiger partial charge in [-0.15, -0.1) is 0 Å². The van der Waals surface area contributed by atoms with Crippen LogP contribution in [0.25, 0.3) is 32.9 Å². The smallest absolute Gasteiger partial charge is 0.116 e. The summed E-state index contributed by atoms with van der Waals surface area (Å²) in [5.41, 5.74) is 6.08. The lowest BCUT2D eigenvalue weighted by molar-refractivity contribution is 0.650. The molecule has 0 N–H and O–H groups in total. The Balaban J connectivity index is 1.99. The van der Waals surface area contributed by atoms with Gasteiger partial charge in [0.25, 0.3) is 0 Å². The van der Waals surface area contributed by atoms with Gasteiger partial charge < -0.3 is 0 Å². The molecule has 0 bridgehead atoms. The largest absolute Gasteiger partial charge is 0.236 e. The molecular weight excluding hydrogens is 344 g/mol. The number of aromatic nitrogens is 2. The molecule has 0 radical (unpaired) electrons. The van der Waals surface area contributed by atoms with Crippen molar-refractivity contribution in [3.8, 4) is 11.3 Å². The Hall–Kier alpha value is -2.52. The summed E-state index contributed by atoms with van der Waals surface area (Å²) >= 11 is 0. The normalized spacial score (nSPS) is 15.1. The van der Waals surface area contributed by atoms with Crippen molar-refractivity contribution in [2.45, 2.75) is 38.9 Å². The van der Waals surface area contributed by atoms with Crippen LogP contribution in [0.5, 0.6) is 0 Å². The quantitative estimate of drug-likeness (QED) is 0.407. The second-order valence-corrected chi connectivity index (χ2v) is 14.3. The molecule has 1 aliphatic rings. The van der Waals surface area contributed by atoms with Crippen LogP contribution in [-0.4, -0.2) is 18.0 Å². The van der Waals surface area contributed by atoms with Crippen LogP contribution >= 0.6 is 0 Å². The first-order valence-corrected chi connectivity index (χ1v) is 13.1. The third-order valence-electron chi connectivity index (χ3n) is 6.09. The molecule has 2 nitrogen and oxygen atoms in total. The first-order chi connectivity index (χ1) is 12.8. The highest BCUT2D eigenvalue weighted by atomic mass is 28.3. The summed E-state index contributed by atoms with van der Waals surface area (Å²) in [6, 6.07) is 17.9. The first kappa shape index (κ1) is 16.6. The predicted octanol–water partition coefficient (Wildman–Crippen LogP) is 5.63. The van der Waals surface area contributed by atoms with E-state index in [-0.39, 0.29) is 5.41 Å². The van der Waals surface area contributed by atoms with Crippen molar-refractivity contribution >= 4 is 34.9 Å². The Bertz CT molecular complexity index is 1230. The van der Waals surface area contributed by atoms with Crippen LogP contribution in [0, 0.1) is 0 Å². The zero-order valence-corrected chi connectivity index (χ0v) is 17.6. The van der Waals surface area contributed by atoms with Gasteiger partial charge in [-0.05, 0) is 28.0 Å². The van der Waals surface area contributed by atoms with Crippen LogP contribution in [0.2, 0.25) is 19.6 Å². The monoisotopic (exact) mass is 368 g/mol. The number of rotatable bonds is 1. The second kappa shape index (κ2) is 5.26. The number of benzene rings is 3. The lowest BCUT2D eigenvalue weighted by Crippen LogP contribution is -2.39. The summed E-state index contributed by atoms with van der Waals surface area (Å²) < 4.78 is 0. The molecule has 0 amide bonds. The lowest BCUT2D eigenvalue weighted by atomic mass is 9.68. The van der Waals surface area contributed by atoms with Gasteiger partial charge in [-0.2, -0.15) is 0 Å². The molecule has 1 heterocycles. The van der Waals surface area contributed by atoms with Crippen LogP contribution in [0.1, 0.15) is 25.0 Å². The van der Waals surface area contributed by atoms with Crippen molar-refractivity contribution in [3.63, 3.8) is 0 Å². The third-order valence-corrected chi connectivity index (χ3v) is 8.11. The van der Waals surface area contributed by atoms with E-state index < -0.39 is 8.07 Å². The Kier molecular flexibility index (Phi) is 3.24. The number of hydrogen-bond donors (Lipinski definition) is 0. The molecule has 4 aromatic rings. The van der Waals surface area contributed by atoms with Crippen molar-refractivity contribution in [2.75, 3.05) is 0 Å². The Morgan fingerprint density at radius 2 is 1.67 bits per heavy atom. The fraction of sp³-hybridized carbons (Fsp3) is 0.250. The molecule has 5 rings (SSSR count). The lowest BCUT2D eigenvalue weighted by Gasteiger charge is -2.36. The maximum atomic E-state index is 4.74. The topological polar surface area (TPSA) is 25.8 Å². The Labute approximate surface area is 161 Å². The van der Waals surface area contributed by atoms with E-state index in [9.17, 15) is 0 Å². The molecule has 0 saturated carbocycles. The van der Waals surface area contributed by atoms with Gasteiger partial charge in [-0.3, -0.25) is 0 Å². The molecule has 0 fully saturated rings. The molecule has 0 spiro atoms. The fourth-order valence-electron chi connectivity index (χ4n) is 4.60. The van der Waals surface area contributed by atoms with Crippen molar-refractivity contribution in [1.29, 1.82) is 0 Å². The molecule has 0 atom stereocenters. The molecule has 27 heavy (non-hydrogen) atoms. The molecule has 1 aliphatic carbocycles. The summed E-state index contributed by atoms with van der Waals surface area (Å²) in [7, 11) is -1.46. The average Bonchev–Trinajstić information content (AvgIpc) is 2.64. The highest BCUT2D eigenvalue weighted by Crippen LogP contribution is 2.49. The molecule has 0 unspecified atom stereocenters. The second-order valence-electron chi connectivity index (χ2n) is 9.22. The van der Waals surface area contributed by atoms with Gasteiger partial charge in [-0.25, -0.2) is 9.97 Å². The SMILES string of the molecule is CC1(C)c2c(ccc3ccccc23)-c2ncnc3cc([Si](C)(C)C)cc1c23. The number of fused-ring (bicyclic) bond motifs is 4. The summed E-state index contributed by atoms with van der Waals surface area (Å²) in [4.78, 5) is 9.41. The van der Waals surface area contributed by atoms with Crippen LogP contribution in [0.4, 0.5) is 0 Å². The van der Waals surface area contributed by atoms with Crippen molar-refractivity contribution < 1.29 is 0 Å². The molecule has 3 heteroatoms. The van der Waals surface area contributed by atoms with Gasteiger partial charge >= 0.3 is 0 Å². The van der Waals surface area contributed by atoms with E-state index in [0.29, 0.717) is 0 Å². The minimum atomic E-state index is -1.46. The standard InChI is InChI=1S/C24H24N2Si/c1-24(2)19-12-16(27(3,4)5)13-20-21(19)23(26-14-25-20)18-11-10-15-8-6-7-9-17(15)22(18)24/h6-14H,1-5H3. The third kappa shape index (κ3) is 2.24. The van der Waals surface area contributed by atoms with Crippen molar-refractivity contribution in [1.82, 2.24) is 9.97 Å². The van der Waals surface area contributed by atoms with E-state index in [0.717, 1.165) is 11.2 Å². The summed E-state index contributed by atoms with van der Waals surface area (Å²) in [6.07, 6.45) is 1.73. The maximum Gasteiger partial charge on any atom is 0.116 e. The fourth-order valence-corrected chi connectivity index (χ4v) is 5.74. The molecule has 3 aromatic carbocycles. The van der Waals surface area contributed by atoms with E-state index in [2.05, 4.69) is 87.0 Å². The highest BCUT2D eigenvalue weighted by Gasteiger charge is 2.37. The number of hydrogen-bond acceptors (Lipinski definition) is 2. The van der Waals surface area contributed by atoms with E-state index in [1.807, 2.05) is 0 Å². The van der Waals surface area contributed by atoms with Crippen LogP contribution < -0.4 is 5.19 Å². The summed E-state index contributed by atoms with van der Waals surface area (Å²) in [5, 5.41) is 5.31. The Morgan fingerprint density at radius 1 is 0.889 bits per heavy atom. The van der Waals surface area contributed by atoms with Gasteiger partial charge in [0.05, 0.1) is 19.3 Å². The van der Waals surface area contributed by atoms with Gasteiger partial charge in [0.2, 0.25) is 0 Å². The minimum Gasteiger partial charge on any atom is -0.236 e. The van der Waals surface area contributed by atoms with Gasteiger partial charge in [0.1, 0.15) is 6.33 Å². The van der Waals surface area contributed by atoms with E-state index in [1.54, 1.807) is 6.33 Å². The average molecular weight is 369 g/mol. The van der Waals surface area contributed by atoms with Crippen LogP contribution in [0.15, 0.2) is 54.9 Å². The van der Waals surface area contributed by atoms with Gasteiger partial charge in [0, 0.05) is 16.4 Å². The minimum absolute atomic E-state index is 0.0954. The molecule has 1 aromatic heterocycles. The highest BCUT2D eigenvalue weighted by molar-refractivity contribution is 6.88. The van der Waals surface area contributed by atoms with Crippen molar-refractivity contribution in [3.05, 3.63) is 66.0 Å². The summed E-state index contributed by atoms with van der Waals surface area (Å²) in [6.45, 7) is 11.9. The van der Waals surface area contributed by atoms with E-state index >= 15 is 0 Å². The Morgan fingerprint density at radius 3 is 2.44 bits per heavy atom.